The largest absolute Gasteiger partial charge is 0.478 e. The molecule has 0 atom stereocenters. The normalized spacial score (nSPS) is 11.1. The van der Waals surface area contributed by atoms with Crippen LogP contribution in [-0.2, 0) is 20.8 Å². The molecule has 1 amide bonds. The summed E-state index contributed by atoms with van der Waals surface area (Å²) in [4.78, 5) is 61.8. The topological polar surface area (TPSA) is 141 Å². The number of allylic oxidation sites excluding steroid dienone is 1. The molecular formula is C40H56N2O7. The van der Waals surface area contributed by atoms with E-state index < -0.39 is 30.0 Å². The first-order valence-corrected chi connectivity index (χ1v) is 18.0. The fourth-order valence-corrected chi connectivity index (χ4v) is 5.79. The second kappa shape index (κ2) is 24.0. The Labute approximate surface area is 292 Å². The number of rotatable bonds is 27. The van der Waals surface area contributed by atoms with E-state index in [1.165, 1.54) is 114 Å². The zero-order chi connectivity index (χ0) is 35.9. The van der Waals surface area contributed by atoms with E-state index in [0.29, 0.717) is 16.9 Å². The number of carboxylic acids is 2. The second-order valence-corrected chi connectivity index (χ2v) is 12.9. The lowest BCUT2D eigenvalue weighted by Crippen LogP contribution is -2.23. The molecule has 3 N–H and O–H groups in total. The first-order chi connectivity index (χ1) is 23.6. The Morgan fingerprint density at radius 2 is 1.18 bits per heavy atom. The summed E-state index contributed by atoms with van der Waals surface area (Å²) in [6.07, 6.45) is 22.0. The van der Waals surface area contributed by atoms with Crippen molar-refractivity contribution >= 4 is 40.8 Å². The number of carbonyl (C=O) groups excluding carboxylic acids is 3. The van der Waals surface area contributed by atoms with Crippen LogP contribution < -0.4 is 10.2 Å². The molecule has 0 heterocycles. The molecule has 9 nitrogen and oxygen atoms in total. The van der Waals surface area contributed by atoms with Crippen LogP contribution in [0.2, 0.25) is 0 Å². The number of ketones is 2. The first kappa shape index (κ1) is 40.9. The smallest absolute Gasteiger partial charge is 0.335 e. The SMILES string of the molecule is CCCCCCCCCCCCCCCCCCN(C)c1ccc(C(=O)O)cc1NC(=O)CC(=O)c1ccc(CC(=O)/C=C/C(=O)O)cc1. The molecule has 2 rings (SSSR count). The summed E-state index contributed by atoms with van der Waals surface area (Å²) in [6, 6.07) is 10.8. The van der Waals surface area contributed by atoms with E-state index in [-0.39, 0.29) is 23.3 Å². The van der Waals surface area contributed by atoms with Crippen molar-refractivity contribution in [3.05, 3.63) is 71.3 Å². The average Bonchev–Trinajstić information content (AvgIpc) is 3.07. The number of aromatic carboxylic acids is 1. The molecule has 2 aromatic rings. The number of aliphatic carboxylic acids is 1. The molecule has 0 bridgehead atoms. The minimum atomic E-state index is -1.21. The predicted molar refractivity (Wildman–Crippen MR) is 196 cm³/mol. The third kappa shape index (κ3) is 17.6. The molecule has 0 unspecified atom stereocenters. The van der Waals surface area contributed by atoms with Crippen molar-refractivity contribution in [2.24, 2.45) is 0 Å². The number of anilines is 2. The quantitative estimate of drug-likeness (QED) is 0.0368. The Bertz CT molecular complexity index is 1370. The molecule has 0 saturated heterocycles. The van der Waals surface area contributed by atoms with E-state index in [4.69, 9.17) is 5.11 Å². The van der Waals surface area contributed by atoms with Gasteiger partial charge in [-0.3, -0.25) is 14.4 Å². The third-order valence-corrected chi connectivity index (χ3v) is 8.66. The number of carboxylic acid groups (broad SMARTS) is 2. The lowest BCUT2D eigenvalue weighted by atomic mass is 10.0. The zero-order valence-electron chi connectivity index (χ0n) is 29.5. The molecule has 0 aliphatic carbocycles. The highest BCUT2D eigenvalue weighted by Gasteiger charge is 2.17. The fraction of sp³-hybridized carbons (Fsp3) is 0.525. The van der Waals surface area contributed by atoms with Crippen molar-refractivity contribution in [3.63, 3.8) is 0 Å². The van der Waals surface area contributed by atoms with Crippen LogP contribution in [0.1, 0.15) is 142 Å². The number of nitrogens with one attached hydrogen (secondary N) is 1. The minimum absolute atomic E-state index is 0.0195. The minimum Gasteiger partial charge on any atom is -0.478 e. The van der Waals surface area contributed by atoms with Gasteiger partial charge < -0.3 is 20.4 Å². The van der Waals surface area contributed by atoms with Crippen LogP contribution in [0.3, 0.4) is 0 Å². The Morgan fingerprint density at radius 1 is 0.673 bits per heavy atom. The maximum absolute atomic E-state index is 12.9. The van der Waals surface area contributed by atoms with E-state index >= 15 is 0 Å². The van der Waals surface area contributed by atoms with Gasteiger partial charge in [0.15, 0.2) is 11.6 Å². The highest BCUT2D eigenvalue weighted by atomic mass is 16.4. The van der Waals surface area contributed by atoms with Crippen LogP contribution in [0.25, 0.3) is 0 Å². The molecular weight excluding hydrogens is 620 g/mol. The molecule has 0 fully saturated rings. The molecule has 268 valence electrons. The summed E-state index contributed by atoms with van der Waals surface area (Å²) in [5, 5.41) is 20.9. The van der Waals surface area contributed by atoms with E-state index in [2.05, 4.69) is 12.2 Å². The van der Waals surface area contributed by atoms with Crippen molar-refractivity contribution in [3.8, 4) is 0 Å². The van der Waals surface area contributed by atoms with Crippen LogP contribution in [0.4, 0.5) is 11.4 Å². The van der Waals surface area contributed by atoms with Crippen molar-refractivity contribution in [1.29, 1.82) is 0 Å². The highest BCUT2D eigenvalue weighted by molar-refractivity contribution is 6.12. The number of nitrogens with zero attached hydrogens (tertiary/aromatic N) is 1. The lowest BCUT2D eigenvalue weighted by molar-refractivity contribution is -0.131. The van der Waals surface area contributed by atoms with Gasteiger partial charge in [0, 0.05) is 31.7 Å². The van der Waals surface area contributed by atoms with Crippen molar-refractivity contribution in [2.45, 2.75) is 122 Å². The third-order valence-electron chi connectivity index (χ3n) is 8.66. The number of unbranched alkanes of at least 4 members (excludes halogenated alkanes) is 15. The summed E-state index contributed by atoms with van der Waals surface area (Å²) in [5.41, 5.74) is 1.93. The molecule has 0 spiro atoms. The van der Waals surface area contributed by atoms with Gasteiger partial charge in [-0.1, -0.05) is 128 Å². The summed E-state index contributed by atoms with van der Waals surface area (Å²) >= 11 is 0. The summed E-state index contributed by atoms with van der Waals surface area (Å²) in [5.74, 6) is -3.71. The van der Waals surface area contributed by atoms with Gasteiger partial charge in [-0.05, 0) is 36.3 Å². The molecule has 0 aliphatic rings. The number of benzene rings is 2. The average molecular weight is 677 g/mol. The van der Waals surface area contributed by atoms with E-state index in [1.807, 2.05) is 11.9 Å². The van der Waals surface area contributed by atoms with Gasteiger partial charge in [0.25, 0.3) is 0 Å². The molecule has 2 aromatic carbocycles. The van der Waals surface area contributed by atoms with E-state index in [1.54, 1.807) is 18.2 Å². The Balaban J connectivity index is 1.76. The van der Waals surface area contributed by atoms with Crippen LogP contribution >= 0.6 is 0 Å². The number of carbonyl (C=O) groups is 5. The molecule has 0 saturated carbocycles. The summed E-state index contributed by atoms with van der Waals surface area (Å²) < 4.78 is 0. The number of Topliss-reactive ketones (excluding diaryl/α,β-unsaturated/α-hetero) is 1. The van der Waals surface area contributed by atoms with Gasteiger partial charge in [-0.2, -0.15) is 0 Å². The molecule has 9 heteroatoms. The molecule has 49 heavy (non-hydrogen) atoms. The van der Waals surface area contributed by atoms with Gasteiger partial charge >= 0.3 is 11.9 Å². The standard InChI is InChI=1S/C40H56N2O7/c1-3-4-5-6-7-8-9-10-11-12-13-14-15-16-17-18-27-42(2)36-25-23-33(40(48)49)29-35(36)41-38(45)30-37(44)32-21-19-31(20-22-32)28-34(43)24-26-39(46)47/h19-26,29H,3-18,27-28,30H2,1-2H3,(H,41,45)(H,46,47)(H,48,49)/b26-24+. The van der Waals surface area contributed by atoms with Crippen LogP contribution in [-0.4, -0.2) is 53.2 Å². The summed E-state index contributed by atoms with van der Waals surface area (Å²) in [7, 11) is 1.91. The van der Waals surface area contributed by atoms with Gasteiger partial charge in [-0.25, -0.2) is 9.59 Å². The first-order valence-electron chi connectivity index (χ1n) is 18.0. The Kier molecular flexibility index (Phi) is 20.0. The number of hydrogen-bond donors (Lipinski definition) is 3. The number of amides is 1. The highest BCUT2D eigenvalue weighted by Crippen LogP contribution is 2.28. The molecule has 0 aliphatic heterocycles. The van der Waals surface area contributed by atoms with Gasteiger partial charge in [-0.15, -0.1) is 0 Å². The molecule has 0 radical (unpaired) electrons. The van der Waals surface area contributed by atoms with Crippen LogP contribution in [0.15, 0.2) is 54.6 Å². The monoisotopic (exact) mass is 676 g/mol. The van der Waals surface area contributed by atoms with Crippen molar-refractivity contribution < 1.29 is 34.2 Å². The predicted octanol–water partition coefficient (Wildman–Crippen LogP) is 9.05. The van der Waals surface area contributed by atoms with Gasteiger partial charge in [0.1, 0.15) is 0 Å². The maximum atomic E-state index is 12.9. The lowest BCUT2D eigenvalue weighted by Gasteiger charge is -2.23. The second-order valence-electron chi connectivity index (χ2n) is 12.9. The summed E-state index contributed by atoms with van der Waals surface area (Å²) in [6.45, 7) is 3.00. The Hall–Kier alpha value is -4.27. The van der Waals surface area contributed by atoms with Crippen LogP contribution in [0, 0.1) is 0 Å². The fourth-order valence-electron chi connectivity index (χ4n) is 5.79. The maximum Gasteiger partial charge on any atom is 0.335 e. The van der Waals surface area contributed by atoms with E-state index in [0.717, 1.165) is 31.5 Å². The van der Waals surface area contributed by atoms with E-state index in [9.17, 15) is 29.1 Å². The van der Waals surface area contributed by atoms with Gasteiger partial charge in [0.05, 0.1) is 23.4 Å². The van der Waals surface area contributed by atoms with Crippen LogP contribution in [0.5, 0.6) is 0 Å². The Morgan fingerprint density at radius 3 is 1.69 bits per heavy atom. The number of hydrogen-bond acceptors (Lipinski definition) is 6. The van der Waals surface area contributed by atoms with Crippen molar-refractivity contribution in [2.75, 3.05) is 23.8 Å². The molecule has 0 aromatic heterocycles. The van der Waals surface area contributed by atoms with Crippen molar-refractivity contribution in [1.82, 2.24) is 0 Å². The zero-order valence-corrected chi connectivity index (χ0v) is 29.5. The van der Waals surface area contributed by atoms with Gasteiger partial charge in [0.2, 0.25) is 5.91 Å².